The summed E-state index contributed by atoms with van der Waals surface area (Å²) in [5.41, 5.74) is 3.02. The van der Waals surface area contributed by atoms with Crippen molar-refractivity contribution in [2.45, 2.75) is 40.0 Å². The van der Waals surface area contributed by atoms with Crippen molar-refractivity contribution < 1.29 is 0 Å². The number of pyridine rings is 1. The lowest BCUT2D eigenvalue weighted by atomic mass is 9.77. The van der Waals surface area contributed by atoms with E-state index in [1.165, 1.54) is 19.3 Å². The van der Waals surface area contributed by atoms with Crippen LogP contribution in [0, 0.1) is 11.3 Å². The molecule has 0 bridgehead atoms. The van der Waals surface area contributed by atoms with Gasteiger partial charge in [-0.05, 0) is 42.7 Å². The summed E-state index contributed by atoms with van der Waals surface area (Å²) in [6.07, 6.45) is 3.80. The molecule has 106 valence electrons. The van der Waals surface area contributed by atoms with E-state index in [2.05, 4.69) is 42.1 Å². The quantitative estimate of drug-likeness (QED) is 0.635. The van der Waals surface area contributed by atoms with E-state index in [0.717, 1.165) is 30.6 Å². The molecule has 0 aromatic carbocycles. The summed E-state index contributed by atoms with van der Waals surface area (Å²) in [5, 5.41) is 0. The maximum atomic E-state index is 5.43. The first kappa shape index (κ1) is 14.1. The predicted molar refractivity (Wildman–Crippen MR) is 81.1 cm³/mol. The van der Waals surface area contributed by atoms with E-state index in [9.17, 15) is 0 Å². The van der Waals surface area contributed by atoms with Crippen molar-refractivity contribution in [3.63, 3.8) is 0 Å². The zero-order valence-corrected chi connectivity index (χ0v) is 12.3. The van der Waals surface area contributed by atoms with Crippen molar-refractivity contribution in [2.24, 2.45) is 17.2 Å². The molecule has 4 nitrogen and oxygen atoms in total. The summed E-state index contributed by atoms with van der Waals surface area (Å²) in [6.45, 7) is 9.23. The molecule has 1 atom stereocenters. The molecule has 1 aromatic rings. The topological polar surface area (TPSA) is 54.2 Å². The van der Waals surface area contributed by atoms with Crippen LogP contribution < -0.4 is 16.2 Å². The molecule has 1 unspecified atom stereocenters. The number of anilines is 2. The Morgan fingerprint density at radius 2 is 2.05 bits per heavy atom. The van der Waals surface area contributed by atoms with Gasteiger partial charge in [0.15, 0.2) is 0 Å². The van der Waals surface area contributed by atoms with Gasteiger partial charge >= 0.3 is 0 Å². The van der Waals surface area contributed by atoms with Gasteiger partial charge in [-0.1, -0.05) is 26.8 Å². The Morgan fingerprint density at radius 3 is 2.74 bits per heavy atom. The second-order valence-corrected chi connectivity index (χ2v) is 6.51. The van der Waals surface area contributed by atoms with E-state index >= 15 is 0 Å². The Balaban J connectivity index is 2.06. The van der Waals surface area contributed by atoms with Crippen molar-refractivity contribution in [3.8, 4) is 0 Å². The maximum Gasteiger partial charge on any atom is 0.142 e. The highest BCUT2D eigenvalue weighted by atomic mass is 15.3. The number of nitrogens with zero attached hydrogens (tertiary/aromatic N) is 2. The van der Waals surface area contributed by atoms with Gasteiger partial charge in [0.25, 0.3) is 0 Å². The van der Waals surface area contributed by atoms with Crippen molar-refractivity contribution in [1.29, 1.82) is 0 Å². The smallest absolute Gasteiger partial charge is 0.142 e. The number of hydrogen-bond donors (Lipinski definition) is 2. The van der Waals surface area contributed by atoms with Crippen LogP contribution in [-0.2, 0) is 0 Å². The molecule has 19 heavy (non-hydrogen) atoms. The zero-order chi connectivity index (χ0) is 13.9. The van der Waals surface area contributed by atoms with Crippen LogP contribution in [0.3, 0.4) is 0 Å². The van der Waals surface area contributed by atoms with E-state index in [4.69, 9.17) is 5.84 Å². The van der Waals surface area contributed by atoms with Gasteiger partial charge in [-0.2, -0.15) is 0 Å². The third kappa shape index (κ3) is 3.60. The second-order valence-electron chi connectivity index (χ2n) is 6.51. The Morgan fingerprint density at radius 1 is 1.26 bits per heavy atom. The molecule has 2 rings (SSSR count). The molecule has 2 heterocycles. The molecule has 0 saturated carbocycles. The SMILES string of the molecule is CC(C)(C)C1CCCN(c2cccc(NN)n2)CC1. The van der Waals surface area contributed by atoms with Crippen molar-refractivity contribution in [2.75, 3.05) is 23.4 Å². The van der Waals surface area contributed by atoms with Crippen LogP contribution in [0.15, 0.2) is 18.2 Å². The summed E-state index contributed by atoms with van der Waals surface area (Å²) in [4.78, 5) is 6.92. The van der Waals surface area contributed by atoms with Gasteiger partial charge in [0.1, 0.15) is 11.6 Å². The van der Waals surface area contributed by atoms with Gasteiger partial charge in [0.2, 0.25) is 0 Å². The Labute approximate surface area is 116 Å². The van der Waals surface area contributed by atoms with E-state index in [1.807, 2.05) is 12.1 Å². The average Bonchev–Trinajstić information content (AvgIpc) is 2.64. The lowest BCUT2D eigenvalue weighted by molar-refractivity contribution is 0.220. The monoisotopic (exact) mass is 262 g/mol. The minimum Gasteiger partial charge on any atom is -0.357 e. The van der Waals surface area contributed by atoms with Crippen LogP contribution in [0.2, 0.25) is 0 Å². The number of nitrogens with one attached hydrogen (secondary N) is 1. The first-order valence-electron chi connectivity index (χ1n) is 7.19. The van der Waals surface area contributed by atoms with Gasteiger partial charge in [0, 0.05) is 13.1 Å². The maximum absolute atomic E-state index is 5.43. The molecule has 0 radical (unpaired) electrons. The molecule has 1 fully saturated rings. The Bertz CT molecular complexity index is 411. The highest BCUT2D eigenvalue weighted by molar-refractivity contribution is 5.46. The number of hydrazine groups is 1. The van der Waals surface area contributed by atoms with Gasteiger partial charge in [-0.3, -0.25) is 0 Å². The second kappa shape index (κ2) is 5.78. The lowest BCUT2D eigenvalue weighted by Crippen LogP contribution is -2.27. The van der Waals surface area contributed by atoms with Gasteiger partial charge < -0.3 is 10.3 Å². The summed E-state index contributed by atoms with van der Waals surface area (Å²) < 4.78 is 0. The summed E-state index contributed by atoms with van der Waals surface area (Å²) >= 11 is 0. The Kier molecular flexibility index (Phi) is 4.30. The molecule has 0 spiro atoms. The first-order valence-corrected chi connectivity index (χ1v) is 7.19. The molecule has 4 heteroatoms. The molecule has 0 aliphatic carbocycles. The van der Waals surface area contributed by atoms with Gasteiger partial charge in [-0.15, -0.1) is 0 Å². The number of hydrogen-bond acceptors (Lipinski definition) is 4. The fourth-order valence-electron chi connectivity index (χ4n) is 2.87. The van der Waals surface area contributed by atoms with E-state index in [1.54, 1.807) is 0 Å². The van der Waals surface area contributed by atoms with Crippen molar-refractivity contribution in [3.05, 3.63) is 18.2 Å². The third-order valence-corrected chi connectivity index (χ3v) is 4.16. The molecule has 1 saturated heterocycles. The third-order valence-electron chi connectivity index (χ3n) is 4.16. The minimum absolute atomic E-state index is 0.407. The van der Waals surface area contributed by atoms with E-state index < -0.39 is 0 Å². The predicted octanol–water partition coefficient (Wildman–Crippen LogP) is 3.02. The van der Waals surface area contributed by atoms with Crippen LogP contribution in [0.5, 0.6) is 0 Å². The summed E-state index contributed by atoms with van der Waals surface area (Å²) in [6, 6.07) is 5.96. The lowest BCUT2D eigenvalue weighted by Gasteiger charge is -2.30. The number of rotatable bonds is 2. The van der Waals surface area contributed by atoms with Crippen LogP contribution in [-0.4, -0.2) is 18.1 Å². The highest BCUT2D eigenvalue weighted by Crippen LogP contribution is 2.35. The first-order chi connectivity index (χ1) is 9.00. The van der Waals surface area contributed by atoms with E-state index in [-0.39, 0.29) is 0 Å². The van der Waals surface area contributed by atoms with Crippen molar-refractivity contribution >= 4 is 11.6 Å². The molecular weight excluding hydrogens is 236 g/mol. The number of nitrogen functional groups attached to an aromatic ring is 1. The average molecular weight is 262 g/mol. The molecule has 1 aromatic heterocycles. The number of aromatic nitrogens is 1. The molecule has 1 aliphatic rings. The molecule has 0 amide bonds. The fourth-order valence-corrected chi connectivity index (χ4v) is 2.87. The van der Waals surface area contributed by atoms with Gasteiger partial charge in [-0.25, -0.2) is 10.8 Å². The van der Waals surface area contributed by atoms with Gasteiger partial charge in [0.05, 0.1) is 0 Å². The minimum atomic E-state index is 0.407. The van der Waals surface area contributed by atoms with Crippen LogP contribution in [0.1, 0.15) is 40.0 Å². The summed E-state index contributed by atoms with van der Waals surface area (Å²) in [5.74, 6) is 7.99. The molecular formula is C15H26N4. The normalized spacial score (nSPS) is 21.1. The van der Waals surface area contributed by atoms with Crippen molar-refractivity contribution in [1.82, 2.24) is 4.98 Å². The van der Waals surface area contributed by atoms with Crippen LogP contribution >= 0.6 is 0 Å². The summed E-state index contributed by atoms with van der Waals surface area (Å²) in [7, 11) is 0. The molecule has 3 N–H and O–H groups in total. The van der Waals surface area contributed by atoms with E-state index in [0.29, 0.717) is 5.41 Å². The van der Waals surface area contributed by atoms with Crippen LogP contribution in [0.25, 0.3) is 0 Å². The molecule has 1 aliphatic heterocycles. The highest BCUT2D eigenvalue weighted by Gasteiger charge is 2.27. The fraction of sp³-hybridized carbons (Fsp3) is 0.667. The Hall–Kier alpha value is -1.29. The zero-order valence-electron chi connectivity index (χ0n) is 12.3. The van der Waals surface area contributed by atoms with Crippen LogP contribution in [0.4, 0.5) is 11.6 Å². The number of nitrogens with two attached hydrogens (primary N) is 1. The standard InChI is InChI=1S/C15H26N4/c1-15(2,3)12-6-5-10-19(11-9-12)14-8-4-7-13(17-14)18-16/h4,7-8,12H,5-6,9-11,16H2,1-3H3,(H,17,18). The largest absolute Gasteiger partial charge is 0.357 e.